The Morgan fingerprint density at radius 2 is 2.21 bits per heavy atom. The first-order chi connectivity index (χ1) is 14.2. The van der Waals surface area contributed by atoms with E-state index in [9.17, 15) is 4.79 Å². The number of nitrogens with zero attached hydrogens (tertiary/aromatic N) is 3. The van der Waals surface area contributed by atoms with Crippen molar-refractivity contribution in [3.05, 3.63) is 77.4 Å². The third-order valence-electron chi connectivity index (χ3n) is 5.30. The summed E-state index contributed by atoms with van der Waals surface area (Å²) in [5.74, 6) is 0.925. The van der Waals surface area contributed by atoms with Gasteiger partial charge < -0.3 is 10.1 Å². The van der Waals surface area contributed by atoms with E-state index in [1.165, 1.54) is 5.56 Å². The second-order valence-corrected chi connectivity index (χ2v) is 7.29. The molecule has 4 rings (SSSR count). The summed E-state index contributed by atoms with van der Waals surface area (Å²) in [5, 5.41) is 10.2. The molecule has 1 amide bonds. The Morgan fingerprint density at radius 3 is 3.03 bits per heavy atom. The number of likely N-dealkylation sites (tertiary alicyclic amines) is 1. The van der Waals surface area contributed by atoms with Crippen molar-refractivity contribution < 1.29 is 9.53 Å². The maximum Gasteiger partial charge on any atom is 0.272 e. The summed E-state index contributed by atoms with van der Waals surface area (Å²) in [6.45, 7) is 3.26. The van der Waals surface area contributed by atoms with Crippen LogP contribution in [0.4, 0.5) is 0 Å². The van der Waals surface area contributed by atoms with Crippen LogP contribution < -0.4 is 10.1 Å². The number of amides is 1. The van der Waals surface area contributed by atoms with Gasteiger partial charge in [-0.25, -0.2) is 0 Å². The van der Waals surface area contributed by atoms with Gasteiger partial charge in [0.15, 0.2) is 0 Å². The number of hydrogen-bond donors (Lipinski definition) is 2. The van der Waals surface area contributed by atoms with E-state index in [-0.39, 0.29) is 5.91 Å². The zero-order valence-corrected chi connectivity index (χ0v) is 16.5. The number of para-hydroxylation sites is 1. The van der Waals surface area contributed by atoms with Crippen molar-refractivity contribution in [1.82, 2.24) is 25.4 Å². The molecule has 2 N–H and O–H groups in total. The van der Waals surface area contributed by atoms with Crippen molar-refractivity contribution in [3.63, 3.8) is 0 Å². The van der Waals surface area contributed by atoms with E-state index in [0.717, 1.165) is 43.1 Å². The minimum absolute atomic E-state index is 0.191. The molecule has 0 spiro atoms. The molecule has 3 aromatic rings. The zero-order chi connectivity index (χ0) is 20.1. The van der Waals surface area contributed by atoms with Gasteiger partial charge in [0.25, 0.3) is 5.91 Å². The van der Waals surface area contributed by atoms with E-state index in [4.69, 9.17) is 4.74 Å². The van der Waals surface area contributed by atoms with Gasteiger partial charge in [0.1, 0.15) is 11.4 Å². The number of hydrogen-bond acceptors (Lipinski definition) is 5. The highest BCUT2D eigenvalue weighted by Gasteiger charge is 2.26. The number of pyridine rings is 1. The predicted molar refractivity (Wildman–Crippen MR) is 110 cm³/mol. The van der Waals surface area contributed by atoms with Crippen molar-refractivity contribution in [2.24, 2.45) is 0 Å². The van der Waals surface area contributed by atoms with Crippen LogP contribution in [0.15, 0.2) is 54.9 Å². The summed E-state index contributed by atoms with van der Waals surface area (Å²) in [6.07, 6.45) is 4.75. The molecule has 1 aliphatic rings. The lowest BCUT2D eigenvalue weighted by atomic mass is 10.0. The lowest BCUT2D eigenvalue weighted by Crippen LogP contribution is -2.23. The summed E-state index contributed by atoms with van der Waals surface area (Å²) in [6, 6.07) is 13.6. The van der Waals surface area contributed by atoms with Crippen LogP contribution >= 0.6 is 0 Å². The smallest absolute Gasteiger partial charge is 0.272 e. The Morgan fingerprint density at radius 1 is 1.31 bits per heavy atom. The van der Waals surface area contributed by atoms with Crippen LogP contribution in [0.3, 0.4) is 0 Å². The fraction of sp³-hybridized carbons (Fsp3) is 0.318. The third kappa shape index (κ3) is 4.63. The molecule has 2 aromatic heterocycles. The van der Waals surface area contributed by atoms with E-state index in [0.29, 0.717) is 18.2 Å². The molecule has 1 atom stereocenters. The van der Waals surface area contributed by atoms with Gasteiger partial charge in [0.05, 0.1) is 7.11 Å². The maximum atomic E-state index is 12.5. The lowest BCUT2D eigenvalue weighted by molar-refractivity contribution is 0.0945. The average molecular weight is 391 g/mol. The first-order valence-electron chi connectivity index (χ1n) is 9.79. The van der Waals surface area contributed by atoms with Crippen LogP contribution in [-0.2, 0) is 13.1 Å². The van der Waals surface area contributed by atoms with Gasteiger partial charge in [-0.05, 0) is 36.7 Å². The van der Waals surface area contributed by atoms with Crippen molar-refractivity contribution in [3.8, 4) is 5.75 Å². The second-order valence-electron chi connectivity index (χ2n) is 7.29. The van der Waals surface area contributed by atoms with E-state index in [1.807, 2.05) is 42.6 Å². The number of carbonyl (C=O) groups excluding carboxylic acids is 1. The molecule has 1 aliphatic heterocycles. The molecule has 7 heteroatoms. The topological polar surface area (TPSA) is 83.1 Å². The van der Waals surface area contributed by atoms with Crippen LogP contribution in [0.5, 0.6) is 5.75 Å². The number of aromatic amines is 1. The standard InChI is InChI=1S/C22H25N5O2/c1-29-21-7-3-2-6-17(21)13-24-22(28)20-11-19(25-26-20)18-8-10-27(15-18)14-16-5-4-9-23-12-16/h2-7,9,11-12,18H,8,10,13-15H2,1H3,(H,24,28)(H,25,26). The summed E-state index contributed by atoms with van der Waals surface area (Å²) in [7, 11) is 1.62. The van der Waals surface area contributed by atoms with Crippen molar-refractivity contribution in [1.29, 1.82) is 0 Å². The zero-order valence-electron chi connectivity index (χ0n) is 16.5. The lowest BCUT2D eigenvalue weighted by Gasteiger charge is -2.15. The Hall–Kier alpha value is -3.19. The predicted octanol–water partition coefficient (Wildman–Crippen LogP) is 2.73. The Bertz CT molecular complexity index is 957. The molecule has 29 heavy (non-hydrogen) atoms. The van der Waals surface area contributed by atoms with Gasteiger partial charge >= 0.3 is 0 Å². The number of benzene rings is 1. The van der Waals surface area contributed by atoms with E-state index in [1.54, 1.807) is 13.3 Å². The number of aromatic nitrogens is 3. The monoisotopic (exact) mass is 391 g/mol. The van der Waals surface area contributed by atoms with Crippen LogP contribution in [0.25, 0.3) is 0 Å². The SMILES string of the molecule is COc1ccccc1CNC(=O)c1cc(C2CCN(Cc3cccnc3)C2)[nH]n1. The number of H-pyrrole nitrogens is 1. The normalized spacial score (nSPS) is 16.7. The molecular weight excluding hydrogens is 366 g/mol. The van der Waals surface area contributed by atoms with Gasteiger partial charge in [-0.1, -0.05) is 24.3 Å². The number of ether oxygens (including phenoxy) is 1. The van der Waals surface area contributed by atoms with E-state index < -0.39 is 0 Å². The van der Waals surface area contributed by atoms with Gasteiger partial charge in [0, 0.05) is 49.2 Å². The van der Waals surface area contributed by atoms with Gasteiger partial charge in [0.2, 0.25) is 0 Å². The summed E-state index contributed by atoms with van der Waals surface area (Å²) < 4.78 is 5.33. The number of carbonyl (C=O) groups is 1. The van der Waals surface area contributed by atoms with Crippen LogP contribution in [0.2, 0.25) is 0 Å². The average Bonchev–Trinajstić information content (AvgIpc) is 3.43. The summed E-state index contributed by atoms with van der Waals surface area (Å²) >= 11 is 0. The Labute approximate surface area is 170 Å². The van der Waals surface area contributed by atoms with Gasteiger partial charge in [-0.15, -0.1) is 0 Å². The fourth-order valence-electron chi connectivity index (χ4n) is 3.76. The molecule has 1 aromatic carbocycles. The van der Waals surface area contributed by atoms with Crippen molar-refractivity contribution >= 4 is 5.91 Å². The Kier molecular flexibility index (Phi) is 5.86. The van der Waals surface area contributed by atoms with Crippen molar-refractivity contribution in [2.75, 3.05) is 20.2 Å². The van der Waals surface area contributed by atoms with Gasteiger partial charge in [-0.3, -0.25) is 19.8 Å². The molecular formula is C22H25N5O2. The summed E-state index contributed by atoms with van der Waals surface area (Å²) in [5.41, 5.74) is 3.58. The molecule has 1 unspecified atom stereocenters. The second kappa shape index (κ2) is 8.87. The van der Waals surface area contributed by atoms with E-state index in [2.05, 4.69) is 31.5 Å². The quantitative estimate of drug-likeness (QED) is 0.647. The summed E-state index contributed by atoms with van der Waals surface area (Å²) in [4.78, 5) is 19.1. The van der Waals surface area contributed by atoms with Crippen LogP contribution in [0, 0.1) is 0 Å². The Balaban J connectivity index is 1.33. The molecule has 1 fully saturated rings. The fourth-order valence-corrected chi connectivity index (χ4v) is 3.76. The molecule has 0 aliphatic carbocycles. The highest BCUT2D eigenvalue weighted by atomic mass is 16.5. The molecule has 3 heterocycles. The number of rotatable bonds is 7. The molecule has 0 radical (unpaired) electrons. The molecule has 1 saturated heterocycles. The number of methoxy groups -OCH3 is 1. The highest BCUT2D eigenvalue weighted by molar-refractivity contribution is 5.92. The largest absolute Gasteiger partial charge is 0.496 e. The van der Waals surface area contributed by atoms with Crippen LogP contribution in [0.1, 0.15) is 39.6 Å². The van der Waals surface area contributed by atoms with Gasteiger partial charge in [-0.2, -0.15) is 5.10 Å². The molecule has 0 saturated carbocycles. The van der Waals surface area contributed by atoms with E-state index >= 15 is 0 Å². The number of nitrogens with one attached hydrogen (secondary N) is 2. The molecule has 0 bridgehead atoms. The minimum atomic E-state index is -0.191. The maximum absolute atomic E-state index is 12.5. The van der Waals surface area contributed by atoms with Crippen LogP contribution in [-0.4, -0.2) is 46.2 Å². The third-order valence-corrected chi connectivity index (χ3v) is 5.30. The molecule has 150 valence electrons. The van der Waals surface area contributed by atoms with Crippen molar-refractivity contribution in [2.45, 2.75) is 25.4 Å². The molecule has 7 nitrogen and oxygen atoms in total. The first kappa shape index (κ1) is 19.1. The first-order valence-corrected chi connectivity index (χ1v) is 9.79. The minimum Gasteiger partial charge on any atom is -0.496 e. The highest BCUT2D eigenvalue weighted by Crippen LogP contribution is 2.27.